The van der Waals surface area contributed by atoms with Gasteiger partial charge in [-0.15, -0.1) is 23.1 Å². The zero-order valence-corrected chi connectivity index (χ0v) is 11.5. The third-order valence-corrected chi connectivity index (χ3v) is 4.65. The fraction of sp³-hybridized carbons (Fsp3) is 0.182. The minimum absolute atomic E-state index is 0.0133. The maximum atomic E-state index is 12.5. The van der Waals surface area contributed by atoms with Crippen LogP contribution in [0.1, 0.15) is 5.56 Å². The molecular formula is C11H7ClF3NS2. The van der Waals surface area contributed by atoms with Gasteiger partial charge in [0.15, 0.2) is 0 Å². The first kappa shape index (κ1) is 13.7. The molecule has 0 aromatic carbocycles. The first-order valence-electron chi connectivity index (χ1n) is 4.79. The van der Waals surface area contributed by atoms with E-state index in [4.69, 9.17) is 11.6 Å². The number of hydrogen-bond donors (Lipinski definition) is 0. The fourth-order valence-corrected chi connectivity index (χ4v) is 3.21. The molecule has 2 heterocycles. The van der Waals surface area contributed by atoms with Gasteiger partial charge in [0.25, 0.3) is 0 Å². The molecule has 0 radical (unpaired) electrons. The van der Waals surface area contributed by atoms with Crippen LogP contribution in [0.5, 0.6) is 0 Å². The second-order valence-corrected chi connectivity index (χ2v) is 5.97. The summed E-state index contributed by atoms with van der Waals surface area (Å²) in [6.45, 7) is 0. The van der Waals surface area contributed by atoms with Crippen LogP contribution in [-0.4, -0.2) is 11.2 Å². The Hall–Kier alpha value is -0.720. The van der Waals surface area contributed by atoms with Gasteiger partial charge in [0.2, 0.25) is 0 Å². The molecule has 0 unspecified atom stereocenters. The summed E-state index contributed by atoms with van der Waals surface area (Å²) in [5.41, 5.74) is -0.451. The number of pyridine rings is 1. The van der Waals surface area contributed by atoms with E-state index in [1.165, 1.54) is 11.3 Å². The van der Waals surface area contributed by atoms with Gasteiger partial charge in [-0.3, -0.25) is 4.98 Å². The first-order chi connectivity index (χ1) is 8.41. The molecule has 0 aliphatic carbocycles. The van der Waals surface area contributed by atoms with E-state index >= 15 is 0 Å². The minimum Gasteiger partial charge on any atom is -0.253 e. The number of alkyl halides is 3. The number of halogens is 4. The molecule has 2 rings (SSSR count). The van der Waals surface area contributed by atoms with Crippen molar-refractivity contribution in [3.8, 4) is 10.6 Å². The highest BCUT2D eigenvalue weighted by Gasteiger charge is 2.31. The summed E-state index contributed by atoms with van der Waals surface area (Å²) < 4.78 is 38.4. The zero-order valence-electron chi connectivity index (χ0n) is 9.08. The summed E-state index contributed by atoms with van der Waals surface area (Å²) in [5, 5.41) is 0.0133. The van der Waals surface area contributed by atoms with E-state index in [0.29, 0.717) is 5.69 Å². The molecule has 0 fully saturated rings. The van der Waals surface area contributed by atoms with E-state index in [1.807, 2.05) is 12.3 Å². The van der Waals surface area contributed by atoms with Crippen LogP contribution in [0.25, 0.3) is 10.6 Å². The second kappa shape index (κ2) is 5.11. The largest absolute Gasteiger partial charge is 0.417 e. The lowest BCUT2D eigenvalue weighted by atomic mass is 10.2. The van der Waals surface area contributed by atoms with Gasteiger partial charge in [-0.1, -0.05) is 11.6 Å². The standard InChI is InChI=1S/C11H7ClF3NS2/c1-17-9-3-2-8(18-9)10-7(12)4-6(5-16-10)11(13,14)15/h2-5H,1H3. The SMILES string of the molecule is CSc1ccc(-c2ncc(C(F)(F)F)cc2Cl)s1. The molecule has 7 heteroatoms. The molecule has 18 heavy (non-hydrogen) atoms. The molecule has 0 aliphatic rings. The van der Waals surface area contributed by atoms with Gasteiger partial charge in [0, 0.05) is 6.20 Å². The molecule has 0 saturated carbocycles. The Kier molecular flexibility index (Phi) is 3.89. The predicted octanol–water partition coefficient (Wildman–Crippen LogP) is 5.20. The Bertz CT molecular complexity index is 566. The molecule has 0 aliphatic heterocycles. The van der Waals surface area contributed by atoms with E-state index in [2.05, 4.69) is 4.98 Å². The van der Waals surface area contributed by atoms with Crippen LogP contribution in [0.15, 0.2) is 28.6 Å². The lowest BCUT2D eigenvalue weighted by Gasteiger charge is -2.08. The Balaban J connectivity index is 2.41. The van der Waals surface area contributed by atoms with Gasteiger partial charge in [-0.25, -0.2) is 0 Å². The number of thiophene rings is 1. The van der Waals surface area contributed by atoms with Gasteiger partial charge in [-0.2, -0.15) is 13.2 Å². The number of nitrogens with zero attached hydrogens (tertiary/aromatic N) is 1. The van der Waals surface area contributed by atoms with E-state index in [9.17, 15) is 13.2 Å². The van der Waals surface area contributed by atoms with Crippen LogP contribution < -0.4 is 0 Å². The first-order valence-corrected chi connectivity index (χ1v) is 7.20. The van der Waals surface area contributed by atoms with Gasteiger partial charge >= 0.3 is 6.18 Å². The monoisotopic (exact) mass is 309 g/mol. The minimum atomic E-state index is -4.42. The summed E-state index contributed by atoms with van der Waals surface area (Å²) >= 11 is 8.87. The quantitative estimate of drug-likeness (QED) is 0.707. The van der Waals surface area contributed by atoms with Crippen molar-refractivity contribution in [3.63, 3.8) is 0 Å². The number of hydrogen-bond acceptors (Lipinski definition) is 3. The average Bonchev–Trinajstić information content (AvgIpc) is 2.76. The summed E-state index contributed by atoms with van der Waals surface area (Å²) in [6.07, 6.45) is -1.69. The lowest BCUT2D eigenvalue weighted by molar-refractivity contribution is -0.137. The number of aromatic nitrogens is 1. The van der Waals surface area contributed by atoms with Crippen molar-refractivity contribution in [1.82, 2.24) is 4.98 Å². The van der Waals surface area contributed by atoms with Crippen LogP contribution in [0.3, 0.4) is 0 Å². The zero-order chi connectivity index (χ0) is 13.3. The summed E-state index contributed by atoms with van der Waals surface area (Å²) in [6, 6.07) is 4.60. The molecular weight excluding hydrogens is 303 g/mol. The van der Waals surface area contributed by atoms with Crippen molar-refractivity contribution in [2.45, 2.75) is 10.4 Å². The lowest BCUT2D eigenvalue weighted by Crippen LogP contribution is -2.05. The van der Waals surface area contributed by atoms with E-state index in [0.717, 1.165) is 21.3 Å². The maximum absolute atomic E-state index is 12.5. The van der Waals surface area contributed by atoms with Gasteiger partial charge in [0.1, 0.15) is 0 Å². The molecule has 0 saturated heterocycles. The van der Waals surface area contributed by atoms with E-state index < -0.39 is 11.7 Å². The smallest absolute Gasteiger partial charge is 0.253 e. The number of thioether (sulfide) groups is 1. The van der Waals surface area contributed by atoms with Crippen molar-refractivity contribution < 1.29 is 13.2 Å². The van der Waals surface area contributed by atoms with Gasteiger partial charge in [-0.05, 0) is 24.5 Å². The Morgan fingerprint density at radius 2 is 2.06 bits per heavy atom. The van der Waals surface area contributed by atoms with Crippen LogP contribution >= 0.6 is 34.7 Å². The average molecular weight is 310 g/mol. The predicted molar refractivity (Wildman–Crippen MR) is 69.3 cm³/mol. The molecule has 2 aromatic rings. The Morgan fingerprint density at radius 1 is 1.33 bits per heavy atom. The topological polar surface area (TPSA) is 12.9 Å². The molecule has 0 atom stereocenters. The van der Waals surface area contributed by atoms with Crippen molar-refractivity contribution in [2.75, 3.05) is 6.26 Å². The van der Waals surface area contributed by atoms with Crippen molar-refractivity contribution in [2.24, 2.45) is 0 Å². The summed E-state index contributed by atoms with van der Waals surface area (Å²) in [5.74, 6) is 0. The van der Waals surface area contributed by atoms with Crippen LogP contribution in [0.2, 0.25) is 5.02 Å². The normalized spacial score (nSPS) is 11.8. The molecule has 0 N–H and O–H groups in total. The number of rotatable bonds is 2. The van der Waals surface area contributed by atoms with Crippen LogP contribution in [0, 0.1) is 0 Å². The highest BCUT2D eigenvalue weighted by atomic mass is 35.5. The fourth-order valence-electron chi connectivity index (χ4n) is 1.33. The maximum Gasteiger partial charge on any atom is 0.417 e. The van der Waals surface area contributed by atoms with Crippen LogP contribution in [0.4, 0.5) is 13.2 Å². The highest BCUT2D eigenvalue weighted by Crippen LogP contribution is 2.37. The molecule has 0 bridgehead atoms. The summed E-state index contributed by atoms with van der Waals surface area (Å²) in [7, 11) is 0. The Morgan fingerprint density at radius 3 is 2.56 bits per heavy atom. The summed E-state index contributed by atoms with van der Waals surface area (Å²) in [4.78, 5) is 4.57. The van der Waals surface area contributed by atoms with Crippen molar-refractivity contribution >= 4 is 34.7 Å². The molecule has 0 spiro atoms. The van der Waals surface area contributed by atoms with Crippen molar-refractivity contribution in [3.05, 3.63) is 35.0 Å². The Labute approximate surface area is 115 Å². The van der Waals surface area contributed by atoms with Crippen LogP contribution in [-0.2, 0) is 6.18 Å². The third-order valence-electron chi connectivity index (χ3n) is 2.18. The highest BCUT2D eigenvalue weighted by molar-refractivity contribution is 8.00. The van der Waals surface area contributed by atoms with E-state index in [1.54, 1.807) is 17.8 Å². The van der Waals surface area contributed by atoms with Crippen molar-refractivity contribution in [1.29, 1.82) is 0 Å². The second-order valence-electron chi connectivity index (χ2n) is 3.37. The molecule has 1 nitrogen and oxygen atoms in total. The third kappa shape index (κ3) is 2.81. The van der Waals surface area contributed by atoms with Gasteiger partial charge < -0.3 is 0 Å². The van der Waals surface area contributed by atoms with Gasteiger partial charge in [0.05, 0.1) is 25.4 Å². The molecule has 0 amide bonds. The molecule has 96 valence electrons. The molecule has 2 aromatic heterocycles. The van der Waals surface area contributed by atoms with E-state index in [-0.39, 0.29) is 5.02 Å².